The number of fused-ring (bicyclic) bond motifs is 1. The highest BCUT2D eigenvalue weighted by Gasteiger charge is 2.22. The summed E-state index contributed by atoms with van der Waals surface area (Å²) in [4.78, 5) is 28.0. The maximum atomic E-state index is 13.1. The molecular formula is C28H32N4O2. The summed E-state index contributed by atoms with van der Waals surface area (Å²) in [6.45, 7) is 9.50. The van der Waals surface area contributed by atoms with E-state index in [4.69, 9.17) is 0 Å². The van der Waals surface area contributed by atoms with Crippen LogP contribution < -0.4 is 20.9 Å². The first kappa shape index (κ1) is 23.4. The molecule has 0 fully saturated rings. The highest BCUT2D eigenvalue weighted by atomic mass is 16.2. The van der Waals surface area contributed by atoms with Gasteiger partial charge in [0.15, 0.2) is 0 Å². The molecule has 3 aromatic carbocycles. The Morgan fingerprint density at radius 3 is 2.24 bits per heavy atom. The molecule has 3 aromatic rings. The van der Waals surface area contributed by atoms with E-state index in [1.807, 2.05) is 58.0 Å². The van der Waals surface area contributed by atoms with Crippen molar-refractivity contribution in [2.45, 2.75) is 46.7 Å². The Labute approximate surface area is 201 Å². The fourth-order valence-corrected chi connectivity index (χ4v) is 4.23. The van der Waals surface area contributed by atoms with Gasteiger partial charge in [-0.05, 0) is 86.7 Å². The molecule has 0 saturated carbocycles. The van der Waals surface area contributed by atoms with Gasteiger partial charge < -0.3 is 20.9 Å². The molecule has 0 aliphatic carbocycles. The third-order valence-electron chi connectivity index (χ3n) is 6.15. The third kappa shape index (κ3) is 5.39. The van der Waals surface area contributed by atoms with Gasteiger partial charge in [-0.2, -0.15) is 0 Å². The first-order valence-corrected chi connectivity index (χ1v) is 11.7. The van der Waals surface area contributed by atoms with Crippen molar-refractivity contribution in [1.29, 1.82) is 0 Å². The molecule has 0 spiro atoms. The Balaban J connectivity index is 1.57. The molecule has 0 unspecified atom stereocenters. The lowest BCUT2D eigenvalue weighted by Crippen LogP contribution is -2.35. The zero-order chi connectivity index (χ0) is 24.2. The lowest BCUT2D eigenvalue weighted by molar-refractivity contribution is 0.0943. The number of anilines is 3. The normalized spacial score (nSPS) is 12.8. The van der Waals surface area contributed by atoms with Crippen LogP contribution in [0, 0.1) is 13.8 Å². The van der Waals surface area contributed by atoms with E-state index in [1.165, 1.54) is 16.7 Å². The van der Waals surface area contributed by atoms with E-state index in [2.05, 4.69) is 45.1 Å². The van der Waals surface area contributed by atoms with E-state index in [0.29, 0.717) is 11.3 Å². The van der Waals surface area contributed by atoms with Crippen LogP contribution in [0.5, 0.6) is 0 Å². The van der Waals surface area contributed by atoms with Crippen LogP contribution in [0.4, 0.5) is 21.9 Å². The van der Waals surface area contributed by atoms with Crippen LogP contribution in [-0.4, -0.2) is 24.5 Å². The molecule has 0 radical (unpaired) electrons. The van der Waals surface area contributed by atoms with E-state index in [1.54, 1.807) is 6.07 Å². The van der Waals surface area contributed by atoms with Crippen LogP contribution in [0.25, 0.3) is 0 Å². The molecule has 3 amide bonds. The lowest BCUT2D eigenvalue weighted by Gasteiger charge is -2.32. The molecule has 34 heavy (non-hydrogen) atoms. The number of nitrogens with one attached hydrogen (secondary N) is 3. The maximum Gasteiger partial charge on any atom is 0.323 e. The van der Waals surface area contributed by atoms with Crippen molar-refractivity contribution in [3.63, 3.8) is 0 Å². The van der Waals surface area contributed by atoms with E-state index < -0.39 is 0 Å². The summed E-state index contributed by atoms with van der Waals surface area (Å²) < 4.78 is 0. The number of carbonyl (C=O) groups is 2. The molecule has 0 atom stereocenters. The molecule has 1 heterocycles. The Morgan fingerprint density at radius 2 is 1.53 bits per heavy atom. The molecule has 176 valence electrons. The number of nitrogens with zero attached hydrogens (tertiary/aromatic N) is 1. The van der Waals surface area contributed by atoms with Crippen LogP contribution in [0.3, 0.4) is 0 Å². The van der Waals surface area contributed by atoms with Gasteiger partial charge >= 0.3 is 6.03 Å². The van der Waals surface area contributed by atoms with Crippen molar-refractivity contribution in [2.24, 2.45) is 0 Å². The Kier molecular flexibility index (Phi) is 6.87. The number of hydrogen-bond donors (Lipinski definition) is 3. The van der Waals surface area contributed by atoms with Gasteiger partial charge in [-0.3, -0.25) is 4.79 Å². The van der Waals surface area contributed by atoms with Crippen LogP contribution in [0.1, 0.15) is 46.5 Å². The molecule has 6 nitrogen and oxygen atoms in total. The molecule has 0 bridgehead atoms. The average Bonchev–Trinajstić information content (AvgIpc) is 2.80. The number of amides is 3. The van der Waals surface area contributed by atoms with Crippen molar-refractivity contribution in [3.05, 3.63) is 88.5 Å². The molecule has 6 heteroatoms. The summed E-state index contributed by atoms with van der Waals surface area (Å²) in [5, 5.41) is 8.73. The van der Waals surface area contributed by atoms with Gasteiger partial charge in [0.1, 0.15) is 0 Å². The quantitative estimate of drug-likeness (QED) is 0.465. The second-order valence-electron chi connectivity index (χ2n) is 9.18. The summed E-state index contributed by atoms with van der Waals surface area (Å²) in [7, 11) is 0. The van der Waals surface area contributed by atoms with Gasteiger partial charge in [0.05, 0.1) is 5.56 Å². The minimum absolute atomic E-state index is 0.00660. The van der Waals surface area contributed by atoms with Gasteiger partial charge in [-0.1, -0.05) is 30.3 Å². The Bertz CT molecular complexity index is 1220. The summed E-state index contributed by atoms with van der Waals surface area (Å²) in [5.74, 6) is -0.151. The topological polar surface area (TPSA) is 73.5 Å². The number of rotatable bonds is 5. The molecular weight excluding hydrogens is 424 g/mol. The predicted octanol–water partition coefficient (Wildman–Crippen LogP) is 5.65. The summed E-state index contributed by atoms with van der Waals surface area (Å²) in [6.07, 6.45) is 0.930. The van der Waals surface area contributed by atoms with E-state index in [9.17, 15) is 9.59 Å². The number of urea groups is 1. The van der Waals surface area contributed by atoms with Crippen molar-refractivity contribution in [1.82, 2.24) is 5.32 Å². The highest BCUT2D eigenvalue weighted by Crippen LogP contribution is 2.30. The standard InChI is InChI=1S/C28H32N4O2/c1-18(2)29-27(33)25-16-24(31-28(34)30-23-10-9-19(3)20(4)15-23)11-12-26(25)32-14-13-21-7-5-6-8-22(21)17-32/h5-12,15-16,18H,13-14,17H2,1-4H3,(H,29,33)(H2,30,31,34). The molecule has 3 N–H and O–H groups in total. The monoisotopic (exact) mass is 456 g/mol. The largest absolute Gasteiger partial charge is 0.366 e. The van der Waals surface area contributed by atoms with Crippen molar-refractivity contribution >= 4 is 29.0 Å². The number of aryl methyl sites for hydroxylation is 2. The Hall–Kier alpha value is -3.80. The van der Waals surface area contributed by atoms with Crippen molar-refractivity contribution < 1.29 is 9.59 Å². The second-order valence-corrected chi connectivity index (χ2v) is 9.18. The number of carbonyl (C=O) groups excluding carboxylic acids is 2. The van der Waals surface area contributed by atoms with Crippen molar-refractivity contribution in [3.8, 4) is 0 Å². The zero-order valence-corrected chi connectivity index (χ0v) is 20.2. The summed E-state index contributed by atoms with van der Waals surface area (Å²) >= 11 is 0. The van der Waals surface area contributed by atoms with Gasteiger partial charge in [0.25, 0.3) is 5.91 Å². The van der Waals surface area contributed by atoms with Crippen LogP contribution in [-0.2, 0) is 13.0 Å². The second kappa shape index (κ2) is 10.00. The van der Waals surface area contributed by atoms with Gasteiger partial charge in [0.2, 0.25) is 0 Å². The van der Waals surface area contributed by atoms with E-state index in [-0.39, 0.29) is 18.0 Å². The summed E-state index contributed by atoms with van der Waals surface area (Å²) in [6, 6.07) is 19.4. The highest BCUT2D eigenvalue weighted by molar-refractivity contribution is 6.04. The minimum atomic E-state index is -0.349. The maximum absolute atomic E-state index is 13.1. The minimum Gasteiger partial charge on any atom is -0.366 e. The van der Waals surface area contributed by atoms with Crippen LogP contribution in [0.15, 0.2) is 60.7 Å². The first-order chi connectivity index (χ1) is 16.3. The molecule has 1 aliphatic heterocycles. The average molecular weight is 457 g/mol. The first-order valence-electron chi connectivity index (χ1n) is 11.7. The smallest absolute Gasteiger partial charge is 0.323 e. The molecule has 0 aromatic heterocycles. The molecule has 0 saturated heterocycles. The third-order valence-corrected chi connectivity index (χ3v) is 6.15. The number of hydrogen-bond acceptors (Lipinski definition) is 3. The van der Waals surface area contributed by atoms with Crippen LogP contribution >= 0.6 is 0 Å². The number of benzene rings is 3. The fraction of sp³-hybridized carbons (Fsp3) is 0.286. The van der Waals surface area contributed by atoms with Gasteiger partial charge in [0, 0.05) is 36.2 Å². The van der Waals surface area contributed by atoms with Gasteiger partial charge in [-0.15, -0.1) is 0 Å². The molecule has 1 aliphatic rings. The SMILES string of the molecule is Cc1ccc(NC(=O)Nc2ccc(N3CCc4ccccc4C3)c(C(=O)NC(C)C)c2)cc1C. The lowest BCUT2D eigenvalue weighted by atomic mass is 9.98. The van der Waals surface area contributed by atoms with Crippen molar-refractivity contribution in [2.75, 3.05) is 22.1 Å². The fourth-order valence-electron chi connectivity index (χ4n) is 4.23. The van der Waals surface area contributed by atoms with Crippen LogP contribution in [0.2, 0.25) is 0 Å². The molecule has 4 rings (SSSR count). The van der Waals surface area contributed by atoms with Gasteiger partial charge in [-0.25, -0.2) is 4.79 Å². The van der Waals surface area contributed by atoms with E-state index >= 15 is 0 Å². The summed E-state index contributed by atoms with van der Waals surface area (Å²) in [5.41, 5.74) is 7.62. The zero-order valence-electron chi connectivity index (χ0n) is 20.2. The predicted molar refractivity (Wildman–Crippen MR) is 139 cm³/mol. The van der Waals surface area contributed by atoms with E-state index in [0.717, 1.165) is 36.4 Å². The Morgan fingerprint density at radius 1 is 0.853 bits per heavy atom.